The fourth-order valence-electron chi connectivity index (χ4n) is 8.91. The number of halogens is 5. The zero-order valence-electron chi connectivity index (χ0n) is 26.9. The number of phenolic OH excluding ortho intramolecular Hbond substituents is 1. The van der Waals surface area contributed by atoms with Crippen LogP contribution >= 0.6 is 0 Å². The minimum absolute atomic E-state index is 0.0347. The number of fused-ring (bicyclic) bond motifs is 5. The Kier molecular flexibility index (Phi) is 6.93. The third-order valence-electron chi connectivity index (χ3n) is 11.3. The Bertz CT molecular complexity index is 2190. The molecule has 4 aliphatic heterocycles. The van der Waals surface area contributed by atoms with E-state index >= 15 is 8.78 Å². The van der Waals surface area contributed by atoms with Gasteiger partial charge in [0.15, 0.2) is 5.82 Å². The van der Waals surface area contributed by atoms with Gasteiger partial charge in [-0.15, -0.1) is 6.42 Å². The lowest BCUT2D eigenvalue weighted by atomic mass is 9.95. The normalized spacial score (nSPS) is 28.4. The third-order valence-corrected chi connectivity index (χ3v) is 11.3. The molecular weight excluding hydrogens is 659 g/mol. The standard InChI is InChI=1S/C36H33F5N6O3/c1-2-23-25(38)7-4-18-10-22(48)11-24(27(18)23)31-29(39)30-28(33(49)47(31)26-13-36(26,40)41)32(45-15-20-5-6-21(16-45)42-20)44-34(43-30)50-17-35-8-3-9-46(35)14-19(37)12-35/h1,4,7,10-11,19-21,26,42,48H,3,5-6,8-9,12-17H2/t19-,20?,21?,26?,35+/m1/s1. The van der Waals surface area contributed by atoms with Crippen molar-refractivity contribution in [3.05, 3.63) is 51.8 Å². The van der Waals surface area contributed by atoms with Crippen molar-refractivity contribution in [1.82, 2.24) is 24.8 Å². The van der Waals surface area contributed by atoms with Crippen LogP contribution in [0.3, 0.4) is 0 Å². The van der Waals surface area contributed by atoms with Gasteiger partial charge in [-0.2, -0.15) is 9.97 Å². The van der Waals surface area contributed by atoms with E-state index in [1.165, 1.54) is 12.1 Å². The number of ether oxygens (including phenoxy) is 1. The first-order chi connectivity index (χ1) is 24.0. The van der Waals surface area contributed by atoms with Crippen molar-refractivity contribution in [2.45, 2.75) is 74.3 Å². The molecule has 260 valence electrons. The molecule has 2 aromatic heterocycles. The van der Waals surface area contributed by atoms with Crippen molar-refractivity contribution in [2.75, 3.05) is 37.7 Å². The Morgan fingerprint density at radius 2 is 1.84 bits per heavy atom. The molecule has 1 aliphatic carbocycles. The number of hydrogen-bond acceptors (Lipinski definition) is 8. The topological polar surface area (TPSA) is 95.8 Å². The first-order valence-electron chi connectivity index (χ1n) is 16.9. The van der Waals surface area contributed by atoms with Crippen LogP contribution in [0.4, 0.5) is 27.8 Å². The second kappa shape index (κ2) is 11.0. The average molecular weight is 693 g/mol. The molecule has 2 aromatic carbocycles. The number of anilines is 1. The molecule has 5 atom stereocenters. The first-order valence-corrected chi connectivity index (χ1v) is 16.9. The van der Waals surface area contributed by atoms with E-state index in [9.17, 15) is 23.1 Å². The summed E-state index contributed by atoms with van der Waals surface area (Å²) >= 11 is 0. The molecule has 14 heteroatoms. The van der Waals surface area contributed by atoms with Crippen molar-refractivity contribution in [3.63, 3.8) is 0 Å². The maximum Gasteiger partial charge on any atom is 0.319 e. The zero-order chi connectivity index (χ0) is 34.7. The van der Waals surface area contributed by atoms with E-state index in [0.717, 1.165) is 37.9 Å². The summed E-state index contributed by atoms with van der Waals surface area (Å²) in [6, 6.07) is 2.96. The van der Waals surface area contributed by atoms with Crippen LogP contribution in [0.2, 0.25) is 0 Å². The number of phenols is 1. The maximum atomic E-state index is 17.5. The second-order valence-electron chi connectivity index (χ2n) is 14.4. The number of piperazine rings is 1. The van der Waals surface area contributed by atoms with E-state index in [1.54, 1.807) is 0 Å². The molecule has 9 nitrogen and oxygen atoms in total. The van der Waals surface area contributed by atoms with E-state index < -0.39 is 58.5 Å². The zero-order valence-corrected chi connectivity index (χ0v) is 26.9. The molecule has 2 bridgehead atoms. The number of terminal acetylenes is 1. The van der Waals surface area contributed by atoms with Gasteiger partial charge in [0.1, 0.15) is 47.1 Å². The molecular formula is C36H33F5N6O3. The molecule has 6 heterocycles. The lowest BCUT2D eigenvalue weighted by Gasteiger charge is -2.34. The van der Waals surface area contributed by atoms with Gasteiger partial charge in [-0.05, 0) is 55.8 Å². The molecule has 3 unspecified atom stereocenters. The van der Waals surface area contributed by atoms with Crippen LogP contribution in [0.1, 0.15) is 50.1 Å². The van der Waals surface area contributed by atoms with Crippen LogP contribution in [0.5, 0.6) is 11.8 Å². The molecule has 9 rings (SSSR count). The summed E-state index contributed by atoms with van der Waals surface area (Å²) in [7, 11) is 0. The van der Waals surface area contributed by atoms with Crippen molar-refractivity contribution in [1.29, 1.82) is 0 Å². The molecule has 2 N–H and O–H groups in total. The third kappa shape index (κ3) is 4.76. The molecule has 5 aliphatic rings. The quantitative estimate of drug-likeness (QED) is 0.214. The number of aromatic hydroxyl groups is 1. The minimum Gasteiger partial charge on any atom is -0.508 e. The molecule has 4 aromatic rings. The maximum absolute atomic E-state index is 17.5. The molecule has 0 radical (unpaired) electrons. The molecule has 0 amide bonds. The predicted octanol–water partition coefficient (Wildman–Crippen LogP) is 5.05. The lowest BCUT2D eigenvalue weighted by Crippen LogP contribution is -2.51. The summed E-state index contributed by atoms with van der Waals surface area (Å²) in [4.78, 5) is 27.6. The number of nitrogens with zero attached hydrogens (tertiary/aromatic N) is 5. The Morgan fingerprint density at radius 3 is 2.56 bits per heavy atom. The number of hydrogen-bond donors (Lipinski definition) is 2. The number of rotatable bonds is 6. The molecule has 50 heavy (non-hydrogen) atoms. The van der Waals surface area contributed by atoms with Gasteiger partial charge >= 0.3 is 6.01 Å². The van der Waals surface area contributed by atoms with E-state index in [0.29, 0.717) is 24.1 Å². The molecule has 4 saturated heterocycles. The van der Waals surface area contributed by atoms with Crippen LogP contribution in [0, 0.1) is 24.0 Å². The minimum atomic E-state index is -3.34. The van der Waals surface area contributed by atoms with Crippen molar-refractivity contribution in [2.24, 2.45) is 0 Å². The highest BCUT2D eigenvalue weighted by atomic mass is 19.3. The fourth-order valence-corrected chi connectivity index (χ4v) is 8.91. The van der Waals surface area contributed by atoms with Gasteiger partial charge in [0, 0.05) is 55.5 Å². The highest BCUT2D eigenvalue weighted by Gasteiger charge is 2.60. The van der Waals surface area contributed by atoms with Crippen LogP contribution in [0.15, 0.2) is 29.1 Å². The Labute approximate surface area is 283 Å². The van der Waals surface area contributed by atoms with E-state index in [-0.39, 0.29) is 76.5 Å². The summed E-state index contributed by atoms with van der Waals surface area (Å²) < 4.78 is 83.9. The largest absolute Gasteiger partial charge is 0.508 e. The number of pyridine rings is 1. The fraction of sp³-hybridized carbons (Fsp3) is 0.472. The van der Waals surface area contributed by atoms with Gasteiger partial charge in [-0.3, -0.25) is 14.3 Å². The average Bonchev–Trinajstić information content (AvgIpc) is 3.32. The summed E-state index contributed by atoms with van der Waals surface area (Å²) in [6.45, 7) is 1.89. The Balaban J connectivity index is 1.30. The van der Waals surface area contributed by atoms with Crippen molar-refractivity contribution in [3.8, 4) is 35.4 Å². The van der Waals surface area contributed by atoms with Crippen LogP contribution < -0.4 is 20.5 Å². The molecule has 0 spiro atoms. The van der Waals surface area contributed by atoms with Gasteiger partial charge < -0.3 is 20.1 Å². The van der Waals surface area contributed by atoms with Crippen LogP contribution in [-0.2, 0) is 0 Å². The van der Waals surface area contributed by atoms with Gasteiger partial charge in [0.2, 0.25) is 0 Å². The van der Waals surface area contributed by atoms with Gasteiger partial charge in [-0.25, -0.2) is 22.0 Å². The Hall–Kier alpha value is -4.48. The first kappa shape index (κ1) is 31.5. The van der Waals surface area contributed by atoms with Crippen molar-refractivity contribution < 1.29 is 31.8 Å². The highest BCUT2D eigenvalue weighted by molar-refractivity contribution is 6.03. The van der Waals surface area contributed by atoms with E-state index in [2.05, 4.69) is 26.1 Å². The number of benzene rings is 2. The summed E-state index contributed by atoms with van der Waals surface area (Å²) in [5.74, 6) is -3.39. The molecule has 1 saturated carbocycles. The Morgan fingerprint density at radius 1 is 1.08 bits per heavy atom. The SMILES string of the molecule is C#Cc1c(F)ccc2cc(O)cc(-c3c(F)c4nc(OC[C@@]56CCCN5C[C@H](F)C6)nc(N5CC6CCC(C5)N6)c4c(=O)n3C3CC3(F)F)c12. The van der Waals surface area contributed by atoms with E-state index in [4.69, 9.17) is 11.2 Å². The smallest absolute Gasteiger partial charge is 0.319 e. The van der Waals surface area contributed by atoms with Crippen LogP contribution in [0.25, 0.3) is 32.9 Å². The monoisotopic (exact) mass is 692 g/mol. The highest BCUT2D eigenvalue weighted by Crippen LogP contribution is 2.54. The van der Waals surface area contributed by atoms with Gasteiger partial charge in [0.25, 0.3) is 11.5 Å². The summed E-state index contributed by atoms with van der Waals surface area (Å²) in [5, 5.41) is 14.1. The number of nitrogens with one attached hydrogen (secondary N) is 1. The van der Waals surface area contributed by atoms with Gasteiger partial charge in [-0.1, -0.05) is 12.0 Å². The second-order valence-corrected chi connectivity index (χ2v) is 14.4. The summed E-state index contributed by atoms with van der Waals surface area (Å²) in [6.07, 6.45) is 7.53. The van der Waals surface area contributed by atoms with Crippen LogP contribution in [-0.4, -0.2) is 87.0 Å². The lowest BCUT2D eigenvalue weighted by molar-refractivity contribution is 0.100. The van der Waals surface area contributed by atoms with E-state index in [1.807, 2.05) is 4.90 Å². The summed E-state index contributed by atoms with van der Waals surface area (Å²) in [5.41, 5.74) is -3.15. The van der Waals surface area contributed by atoms with Crippen molar-refractivity contribution >= 4 is 27.5 Å². The predicted molar refractivity (Wildman–Crippen MR) is 176 cm³/mol. The molecule has 5 fully saturated rings. The van der Waals surface area contributed by atoms with Gasteiger partial charge in [0.05, 0.1) is 16.8 Å². The number of aromatic nitrogens is 3. The number of alkyl halides is 3.